The molecular formula is C32H32N4O5S2. The molecule has 6 rings (SSSR count). The number of aromatic nitrogens is 1. The van der Waals surface area contributed by atoms with Gasteiger partial charge in [0.15, 0.2) is 5.01 Å². The predicted molar refractivity (Wildman–Crippen MR) is 171 cm³/mol. The Morgan fingerprint density at radius 3 is 2.56 bits per heavy atom. The van der Waals surface area contributed by atoms with E-state index in [0.29, 0.717) is 46.1 Å². The average Bonchev–Trinajstić information content (AvgIpc) is 3.61. The van der Waals surface area contributed by atoms with E-state index in [1.54, 1.807) is 18.0 Å². The molecule has 0 aliphatic carbocycles. The highest BCUT2D eigenvalue weighted by atomic mass is 32.2. The minimum absolute atomic E-state index is 0.138. The van der Waals surface area contributed by atoms with Gasteiger partial charge in [-0.15, -0.1) is 11.3 Å². The lowest BCUT2D eigenvalue weighted by molar-refractivity contribution is 0.0707. The van der Waals surface area contributed by atoms with Crippen LogP contribution in [0.5, 0.6) is 0 Å². The van der Waals surface area contributed by atoms with Crippen LogP contribution in [-0.2, 0) is 10.0 Å². The fourth-order valence-electron chi connectivity index (χ4n) is 5.70. The van der Waals surface area contributed by atoms with E-state index >= 15 is 0 Å². The number of hydrogen-bond acceptors (Lipinski definition) is 7. The highest BCUT2D eigenvalue weighted by molar-refractivity contribution is 7.92. The predicted octanol–water partition coefficient (Wildman–Crippen LogP) is 5.79. The van der Waals surface area contributed by atoms with Crippen molar-refractivity contribution in [3.63, 3.8) is 0 Å². The van der Waals surface area contributed by atoms with Gasteiger partial charge < -0.3 is 14.6 Å². The van der Waals surface area contributed by atoms with Crippen LogP contribution in [0.2, 0.25) is 0 Å². The summed E-state index contributed by atoms with van der Waals surface area (Å²) < 4.78 is 34.0. The van der Waals surface area contributed by atoms with Crippen LogP contribution in [0.4, 0.5) is 5.69 Å². The van der Waals surface area contributed by atoms with Gasteiger partial charge in [0.1, 0.15) is 11.3 Å². The summed E-state index contributed by atoms with van der Waals surface area (Å²) in [5, 5.41) is 3.75. The Kier molecular flexibility index (Phi) is 7.47. The van der Waals surface area contributed by atoms with Crippen molar-refractivity contribution < 1.29 is 22.4 Å². The molecule has 3 heterocycles. The molecule has 0 bridgehead atoms. The Hall–Kier alpha value is -4.22. The molecule has 1 atom stereocenters. The zero-order valence-corrected chi connectivity index (χ0v) is 26.0. The minimum Gasteiger partial charge on any atom is -0.455 e. The number of carbonyl (C=O) groups excluding carboxylic acids is 2. The van der Waals surface area contributed by atoms with Crippen molar-refractivity contribution in [1.29, 1.82) is 0 Å². The number of nitrogens with zero attached hydrogens (tertiary/aromatic N) is 3. The number of thiazole rings is 1. The molecule has 2 aromatic heterocycles. The van der Waals surface area contributed by atoms with E-state index in [4.69, 9.17) is 4.42 Å². The van der Waals surface area contributed by atoms with E-state index in [1.807, 2.05) is 61.5 Å². The summed E-state index contributed by atoms with van der Waals surface area (Å²) in [6, 6.07) is 18.9. The van der Waals surface area contributed by atoms with Crippen LogP contribution in [0.15, 0.2) is 65.1 Å². The van der Waals surface area contributed by atoms with Gasteiger partial charge in [0.2, 0.25) is 10.0 Å². The smallest absolute Gasteiger partial charge is 0.282 e. The van der Waals surface area contributed by atoms with Gasteiger partial charge in [0, 0.05) is 50.1 Å². The number of benzene rings is 3. The molecule has 0 spiro atoms. The number of anilines is 1. The molecule has 5 aromatic rings. The number of carbonyl (C=O) groups is 2. The lowest BCUT2D eigenvalue weighted by Crippen LogP contribution is -2.39. The Bertz CT molecular complexity index is 1950. The van der Waals surface area contributed by atoms with Crippen molar-refractivity contribution in [3.8, 4) is 11.3 Å². The van der Waals surface area contributed by atoms with Crippen molar-refractivity contribution in [2.75, 3.05) is 37.7 Å². The number of para-hydroxylation sites is 1. The molecule has 1 saturated heterocycles. The number of rotatable bonds is 6. The lowest BCUT2D eigenvalue weighted by atomic mass is 9.88. The first-order valence-electron chi connectivity index (χ1n) is 14.0. The van der Waals surface area contributed by atoms with Gasteiger partial charge in [-0.25, -0.2) is 13.4 Å². The normalized spacial score (nSPS) is 15.6. The van der Waals surface area contributed by atoms with Crippen LogP contribution in [0.1, 0.15) is 50.0 Å². The van der Waals surface area contributed by atoms with Crippen molar-refractivity contribution in [3.05, 3.63) is 82.4 Å². The maximum absolute atomic E-state index is 13.6. The summed E-state index contributed by atoms with van der Waals surface area (Å²) in [4.78, 5) is 33.2. The quantitative estimate of drug-likeness (QED) is 0.258. The summed E-state index contributed by atoms with van der Waals surface area (Å²) >= 11 is 1.37. The van der Waals surface area contributed by atoms with Gasteiger partial charge >= 0.3 is 0 Å². The summed E-state index contributed by atoms with van der Waals surface area (Å²) in [7, 11) is -0.552. The van der Waals surface area contributed by atoms with E-state index in [0.717, 1.165) is 46.0 Å². The molecular weight excluding hydrogens is 585 g/mol. The fourth-order valence-corrected chi connectivity index (χ4v) is 7.15. The summed E-state index contributed by atoms with van der Waals surface area (Å²) in [6.45, 7) is 2.96. The summed E-state index contributed by atoms with van der Waals surface area (Å²) in [5.41, 5.74) is 4.59. The van der Waals surface area contributed by atoms with Crippen LogP contribution in [0, 0.1) is 6.92 Å². The van der Waals surface area contributed by atoms with E-state index in [9.17, 15) is 18.0 Å². The monoisotopic (exact) mass is 616 g/mol. The van der Waals surface area contributed by atoms with E-state index < -0.39 is 10.0 Å². The highest BCUT2D eigenvalue weighted by Crippen LogP contribution is 2.42. The number of furan rings is 1. The minimum atomic E-state index is -3.63. The Morgan fingerprint density at radius 1 is 1.12 bits per heavy atom. The molecule has 1 N–H and O–H groups in total. The van der Waals surface area contributed by atoms with Crippen molar-refractivity contribution in [2.24, 2.45) is 0 Å². The van der Waals surface area contributed by atoms with E-state index in [1.165, 1.54) is 22.7 Å². The summed E-state index contributed by atoms with van der Waals surface area (Å²) in [6.07, 6.45) is 2.64. The van der Waals surface area contributed by atoms with Crippen LogP contribution in [-0.4, -0.2) is 63.6 Å². The maximum atomic E-state index is 13.6. The van der Waals surface area contributed by atoms with Gasteiger partial charge in [0.25, 0.3) is 11.8 Å². The van der Waals surface area contributed by atoms with Gasteiger partial charge in [-0.1, -0.05) is 42.0 Å². The third kappa shape index (κ3) is 5.38. The summed E-state index contributed by atoms with van der Waals surface area (Å²) in [5.74, 6) is -0.205. The Morgan fingerprint density at radius 2 is 1.86 bits per heavy atom. The number of piperidine rings is 1. The topological polar surface area (TPSA) is 113 Å². The third-order valence-electron chi connectivity index (χ3n) is 8.07. The number of aryl methyl sites for hydroxylation is 1. The highest BCUT2D eigenvalue weighted by Gasteiger charge is 2.32. The van der Waals surface area contributed by atoms with E-state index in [2.05, 4.69) is 10.3 Å². The van der Waals surface area contributed by atoms with Crippen molar-refractivity contribution in [2.45, 2.75) is 25.7 Å². The van der Waals surface area contributed by atoms with Crippen molar-refractivity contribution >= 4 is 60.0 Å². The standard InChI is InChI=1S/C32H32N4O5S2/c1-19-11-13-20(14-12-19)29-28(30(37)33-2)23-16-22(25(17-26(23)41-29)35(3)43(4,39)40)21-8-7-15-36(18-21)32(38)31-34-24-9-5-6-10-27(24)42-31/h5-6,9-14,16-17,21H,7-8,15,18H2,1-4H3,(H,33,37)/t21-/m1/s1. The molecule has 0 radical (unpaired) electrons. The van der Waals surface area contributed by atoms with Gasteiger partial charge in [0.05, 0.1) is 27.7 Å². The molecule has 0 saturated carbocycles. The van der Waals surface area contributed by atoms with Crippen molar-refractivity contribution in [1.82, 2.24) is 15.2 Å². The van der Waals surface area contributed by atoms with Gasteiger partial charge in [-0.05, 0) is 43.5 Å². The van der Waals surface area contributed by atoms with E-state index in [-0.39, 0.29) is 17.7 Å². The number of hydrogen-bond donors (Lipinski definition) is 1. The molecule has 222 valence electrons. The molecule has 1 fully saturated rings. The number of sulfonamides is 1. The van der Waals surface area contributed by atoms with Crippen LogP contribution in [0.3, 0.4) is 0 Å². The first kappa shape index (κ1) is 28.9. The number of fused-ring (bicyclic) bond motifs is 2. The second kappa shape index (κ2) is 11.1. The molecule has 2 amide bonds. The Balaban J connectivity index is 1.46. The molecule has 1 aliphatic heterocycles. The third-order valence-corrected chi connectivity index (χ3v) is 10.3. The fraction of sp³-hybridized carbons (Fsp3) is 0.281. The van der Waals surface area contributed by atoms with Crippen LogP contribution in [0.25, 0.3) is 32.5 Å². The first-order valence-corrected chi connectivity index (χ1v) is 16.7. The van der Waals surface area contributed by atoms with Gasteiger partial charge in [-0.3, -0.25) is 13.9 Å². The zero-order chi connectivity index (χ0) is 30.5. The molecule has 11 heteroatoms. The first-order chi connectivity index (χ1) is 20.5. The molecule has 43 heavy (non-hydrogen) atoms. The molecule has 9 nitrogen and oxygen atoms in total. The van der Waals surface area contributed by atoms with Gasteiger partial charge in [-0.2, -0.15) is 0 Å². The molecule has 3 aromatic carbocycles. The zero-order valence-electron chi connectivity index (χ0n) is 24.4. The van der Waals surface area contributed by atoms with Crippen LogP contribution < -0.4 is 9.62 Å². The molecule has 1 aliphatic rings. The Labute approximate surface area is 254 Å². The second-order valence-electron chi connectivity index (χ2n) is 11.0. The number of nitrogens with one attached hydrogen (secondary N) is 1. The largest absolute Gasteiger partial charge is 0.455 e. The average molecular weight is 617 g/mol. The second-order valence-corrected chi connectivity index (χ2v) is 14.0. The SMILES string of the molecule is CNC(=O)c1c(-c2ccc(C)cc2)oc2cc(N(C)S(C)(=O)=O)c([C@@H]3CCCN(C(=O)c4nc5ccccc5s4)C3)cc12. The van der Waals surface area contributed by atoms with Crippen LogP contribution >= 0.6 is 11.3 Å². The number of likely N-dealkylation sites (tertiary alicyclic amines) is 1. The lowest BCUT2D eigenvalue weighted by Gasteiger charge is -2.34. The molecule has 0 unspecified atom stereocenters. The number of amides is 2. The maximum Gasteiger partial charge on any atom is 0.282 e.